The van der Waals surface area contributed by atoms with Crippen LogP contribution in [0.15, 0.2) is 48.5 Å². The highest BCUT2D eigenvalue weighted by Gasteiger charge is 2.58. The molecule has 2 aliphatic carbocycles. The number of ether oxygens (including phenoxy) is 1. The SMILES string of the molecule is CC(C1CC1)N(Cc1ccccc1)C(=O)CN1C(=O)O[C@]2(CCc3cc(N)ccc32)C1=O. The number of anilines is 1. The van der Waals surface area contributed by atoms with E-state index in [0.717, 1.165) is 28.9 Å². The monoisotopic (exact) mass is 433 g/mol. The molecule has 1 saturated carbocycles. The lowest BCUT2D eigenvalue weighted by Crippen LogP contribution is -2.47. The molecule has 2 N–H and O–H groups in total. The maximum Gasteiger partial charge on any atom is 0.418 e. The lowest BCUT2D eigenvalue weighted by Gasteiger charge is -2.30. The Morgan fingerprint density at radius 3 is 2.69 bits per heavy atom. The van der Waals surface area contributed by atoms with Crippen LogP contribution in [0.2, 0.25) is 0 Å². The Balaban J connectivity index is 1.37. The molecule has 2 fully saturated rings. The molecule has 7 nitrogen and oxygen atoms in total. The lowest BCUT2D eigenvalue weighted by atomic mass is 9.94. The van der Waals surface area contributed by atoms with Crippen molar-refractivity contribution in [2.75, 3.05) is 12.3 Å². The summed E-state index contributed by atoms with van der Waals surface area (Å²) in [5, 5.41) is 0. The minimum atomic E-state index is -1.34. The number of rotatable bonds is 6. The predicted octanol–water partition coefficient (Wildman–Crippen LogP) is 3.22. The first-order valence-electron chi connectivity index (χ1n) is 11.2. The zero-order chi connectivity index (χ0) is 22.5. The van der Waals surface area contributed by atoms with Crippen LogP contribution in [0.3, 0.4) is 0 Å². The number of nitrogen functional groups attached to an aromatic ring is 1. The topological polar surface area (TPSA) is 92.9 Å². The van der Waals surface area contributed by atoms with Crippen molar-refractivity contribution in [1.82, 2.24) is 9.80 Å². The molecule has 1 aliphatic heterocycles. The fourth-order valence-electron chi connectivity index (χ4n) is 4.97. The quantitative estimate of drug-likeness (QED) is 0.706. The van der Waals surface area contributed by atoms with E-state index in [1.165, 1.54) is 0 Å². The molecule has 1 heterocycles. The summed E-state index contributed by atoms with van der Waals surface area (Å²) in [6, 6.07) is 15.1. The number of imide groups is 1. The van der Waals surface area contributed by atoms with Gasteiger partial charge in [-0.15, -0.1) is 0 Å². The van der Waals surface area contributed by atoms with Crippen LogP contribution in [0.1, 0.15) is 42.9 Å². The highest BCUT2D eigenvalue weighted by molar-refractivity contribution is 6.06. The number of hydrogen-bond acceptors (Lipinski definition) is 5. The van der Waals surface area contributed by atoms with Gasteiger partial charge in [0.2, 0.25) is 11.5 Å². The fourth-order valence-corrected chi connectivity index (χ4v) is 4.97. The van der Waals surface area contributed by atoms with Gasteiger partial charge in [0.1, 0.15) is 6.54 Å². The Labute approximate surface area is 187 Å². The van der Waals surface area contributed by atoms with Crippen molar-refractivity contribution >= 4 is 23.6 Å². The van der Waals surface area contributed by atoms with Gasteiger partial charge in [-0.3, -0.25) is 9.59 Å². The Kier molecular flexibility index (Phi) is 4.92. The summed E-state index contributed by atoms with van der Waals surface area (Å²) in [6.07, 6.45) is 2.39. The lowest BCUT2D eigenvalue weighted by molar-refractivity contribution is -0.143. The standard InChI is InChI=1S/C25H27N3O4/c1-16(18-7-8-18)27(14-17-5-3-2-4-6-17)22(29)15-28-23(30)25(32-24(28)31)12-11-19-13-20(26)9-10-21(19)25/h2-6,9-10,13,16,18H,7-8,11-12,14-15,26H2,1H3/t16?,25-/m0/s1. The molecule has 2 aromatic carbocycles. The van der Waals surface area contributed by atoms with Crippen molar-refractivity contribution in [3.8, 4) is 0 Å². The summed E-state index contributed by atoms with van der Waals surface area (Å²) in [5.74, 6) is -0.244. The number of nitrogens with zero attached hydrogens (tertiary/aromatic N) is 2. The minimum absolute atomic E-state index is 0.0422. The fraction of sp³-hybridized carbons (Fsp3) is 0.400. The van der Waals surface area contributed by atoms with Gasteiger partial charge in [-0.05, 0) is 55.4 Å². The molecule has 32 heavy (non-hydrogen) atoms. The van der Waals surface area contributed by atoms with Crippen molar-refractivity contribution in [2.24, 2.45) is 5.92 Å². The van der Waals surface area contributed by atoms with Gasteiger partial charge in [0.25, 0.3) is 5.91 Å². The third kappa shape index (κ3) is 3.42. The second-order valence-corrected chi connectivity index (χ2v) is 9.09. The largest absolute Gasteiger partial charge is 0.427 e. The van der Waals surface area contributed by atoms with Gasteiger partial charge in [0.15, 0.2) is 0 Å². The van der Waals surface area contributed by atoms with Crippen LogP contribution in [-0.2, 0) is 32.9 Å². The first kappa shape index (κ1) is 20.5. The van der Waals surface area contributed by atoms with Crippen LogP contribution in [0.4, 0.5) is 10.5 Å². The molecule has 0 bridgehead atoms. The first-order valence-corrected chi connectivity index (χ1v) is 11.2. The predicted molar refractivity (Wildman–Crippen MR) is 118 cm³/mol. The molecule has 1 saturated heterocycles. The number of aryl methyl sites for hydroxylation is 1. The zero-order valence-corrected chi connectivity index (χ0v) is 18.1. The van der Waals surface area contributed by atoms with E-state index in [9.17, 15) is 14.4 Å². The Morgan fingerprint density at radius 1 is 1.22 bits per heavy atom. The van der Waals surface area contributed by atoms with Crippen molar-refractivity contribution < 1.29 is 19.1 Å². The molecule has 166 valence electrons. The van der Waals surface area contributed by atoms with Gasteiger partial charge in [-0.2, -0.15) is 0 Å². The normalized spacial score (nSPS) is 22.7. The molecule has 1 unspecified atom stereocenters. The second kappa shape index (κ2) is 7.65. The van der Waals surface area contributed by atoms with Crippen molar-refractivity contribution in [2.45, 2.75) is 50.8 Å². The minimum Gasteiger partial charge on any atom is -0.427 e. The van der Waals surface area contributed by atoms with Gasteiger partial charge < -0.3 is 15.4 Å². The highest BCUT2D eigenvalue weighted by Crippen LogP contribution is 2.46. The smallest absolute Gasteiger partial charge is 0.418 e. The van der Waals surface area contributed by atoms with Gasteiger partial charge in [0.05, 0.1) is 0 Å². The highest BCUT2D eigenvalue weighted by atomic mass is 16.6. The third-order valence-corrected chi connectivity index (χ3v) is 6.99. The average Bonchev–Trinajstić information content (AvgIpc) is 3.54. The van der Waals surface area contributed by atoms with Crippen molar-refractivity contribution in [3.63, 3.8) is 0 Å². The van der Waals surface area contributed by atoms with Gasteiger partial charge in [-0.25, -0.2) is 9.69 Å². The maximum atomic E-state index is 13.4. The zero-order valence-electron chi connectivity index (χ0n) is 18.1. The van der Waals surface area contributed by atoms with E-state index < -0.39 is 17.6 Å². The molecular formula is C25H27N3O4. The summed E-state index contributed by atoms with van der Waals surface area (Å²) in [5.41, 5.74) is 7.74. The molecule has 7 heteroatoms. The summed E-state index contributed by atoms with van der Waals surface area (Å²) in [6.45, 7) is 2.18. The number of benzene rings is 2. The number of carbonyl (C=O) groups excluding carboxylic acids is 3. The van der Waals surface area contributed by atoms with Crippen molar-refractivity contribution in [1.29, 1.82) is 0 Å². The van der Waals surface area contributed by atoms with E-state index >= 15 is 0 Å². The van der Waals surface area contributed by atoms with Crippen LogP contribution in [0, 0.1) is 5.92 Å². The molecule has 3 aliphatic rings. The molecule has 2 aromatic rings. The van der Waals surface area contributed by atoms with E-state index in [1.807, 2.05) is 43.3 Å². The molecule has 2 atom stereocenters. The van der Waals surface area contributed by atoms with Crippen molar-refractivity contribution in [3.05, 3.63) is 65.2 Å². The van der Waals surface area contributed by atoms with E-state index in [-0.39, 0.29) is 18.5 Å². The number of fused-ring (bicyclic) bond motifs is 2. The molecule has 3 amide bonds. The average molecular weight is 434 g/mol. The van der Waals surface area contributed by atoms with Crippen LogP contribution in [-0.4, -0.2) is 40.3 Å². The third-order valence-electron chi connectivity index (χ3n) is 6.99. The molecular weight excluding hydrogens is 406 g/mol. The number of hydrogen-bond donors (Lipinski definition) is 1. The van der Waals surface area contributed by atoms with Gasteiger partial charge in [-0.1, -0.05) is 36.4 Å². The first-order chi connectivity index (χ1) is 15.4. The number of amides is 3. The summed E-state index contributed by atoms with van der Waals surface area (Å²) >= 11 is 0. The Bertz CT molecular complexity index is 1080. The van der Waals surface area contributed by atoms with E-state index in [1.54, 1.807) is 17.0 Å². The van der Waals surface area contributed by atoms with E-state index in [0.29, 0.717) is 36.6 Å². The number of nitrogens with two attached hydrogens (primary N) is 1. The molecule has 5 rings (SSSR count). The van der Waals surface area contributed by atoms with Crippen LogP contribution >= 0.6 is 0 Å². The summed E-state index contributed by atoms with van der Waals surface area (Å²) in [7, 11) is 0. The second-order valence-electron chi connectivity index (χ2n) is 9.09. The van der Waals surface area contributed by atoms with Gasteiger partial charge in [0, 0.05) is 30.3 Å². The van der Waals surface area contributed by atoms with Crippen LogP contribution < -0.4 is 5.73 Å². The van der Waals surface area contributed by atoms with Crippen LogP contribution in [0.5, 0.6) is 0 Å². The Morgan fingerprint density at radius 2 is 1.97 bits per heavy atom. The van der Waals surface area contributed by atoms with E-state index in [2.05, 4.69) is 0 Å². The molecule has 0 radical (unpaired) electrons. The molecule has 0 aromatic heterocycles. The molecule has 1 spiro atoms. The maximum absolute atomic E-state index is 13.4. The van der Waals surface area contributed by atoms with E-state index in [4.69, 9.17) is 10.5 Å². The van der Waals surface area contributed by atoms with Crippen LogP contribution in [0.25, 0.3) is 0 Å². The van der Waals surface area contributed by atoms with Gasteiger partial charge >= 0.3 is 6.09 Å². The summed E-state index contributed by atoms with van der Waals surface area (Å²) in [4.78, 5) is 42.3. The summed E-state index contributed by atoms with van der Waals surface area (Å²) < 4.78 is 5.65. The number of carbonyl (C=O) groups is 3. The Hall–Kier alpha value is -3.35.